The summed E-state index contributed by atoms with van der Waals surface area (Å²) in [7, 11) is 0. The number of halogens is 1. The number of anilines is 2. The predicted molar refractivity (Wildman–Crippen MR) is 157 cm³/mol. The van der Waals surface area contributed by atoms with Crippen LogP contribution >= 0.6 is 11.6 Å². The highest BCUT2D eigenvalue weighted by Crippen LogP contribution is 2.37. The number of rotatable bonds is 11. The molecule has 5 rings (SSSR count). The molecule has 1 aliphatic carbocycles. The van der Waals surface area contributed by atoms with E-state index in [0.717, 1.165) is 36.4 Å². The summed E-state index contributed by atoms with van der Waals surface area (Å²) in [6.45, 7) is 9.41. The number of pyridine rings is 1. The molecule has 2 aliphatic rings. The molecule has 0 spiro atoms. The lowest BCUT2D eigenvalue weighted by molar-refractivity contribution is -0.111. The van der Waals surface area contributed by atoms with Gasteiger partial charge in [-0.3, -0.25) is 14.7 Å². The summed E-state index contributed by atoms with van der Waals surface area (Å²) < 4.78 is 12.3. The molecule has 3 heterocycles. The molecule has 1 atom stereocenters. The molecule has 40 heavy (non-hydrogen) atoms. The molecular weight excluding hydrogens is 528 g/mol. The minimum atomic E-state index is -0.665. The molecule has 1 unspecified atom stereocenters. The summed E-state index contributed by atoms with van der Waals surface area (Å²) in [4.78, 5) is 27.8. The highest BCUT2D eigenvalue weighted by atomic mass is 35.5. The van der Waals surface area contributed by atoms with Crippen LogP contribution in [-0.4, -0.2) is 57.6 Å². The van der Waals surface area contributed by atoms with Gasteiger partial charge in [0.15, 0.2) is 0 Å². The first-order valence-electron chi connectivity index (χ1n) is 13.4. The quantitative estimate of drug-likeness (QED) is 0.300. The molecule has 1 amide bonds. The van der Waals surface area contributed by atoms with Gasteiger partial charge in [-0.25, -0.2) is 9.97 Å². The molecule has 2 aromatic heterocycles. The van der Waals surface area contributed by atoms with Crippen LogP contribution in [0, 0.1) is 0 Å². The number of carbonyl (C=O) groups is 1. The van der Waals surface area contributed by atoms with Crippen molar-refractivity contribution in [3.05, 3.63) is 84.1 Å². The van der Waals surface area contributed by atoms with Crippen molar-refractivity contribution < 1.29 is 14.3 Å². The maximum atomic E-state index is 12.2. The molecule has 1 fully saturated rings. The minimum absolute atomic E-state index is 0.329. The van der Waals surface area contributed by atoms with Crippen LogP contribution < -0.4 is 15.4 Å². The van der Waals surface area contributed by atoms with Gasteiger partial charge in [-0.2, -0.15) is 0 Å². The van der Waals surface area contributed by atoms with Gasteiger partial charge < -0.3 is 20.1 Å². The van der Waals surface area contributed by atoms with E-state index in [4.69, 9.17) is 21.1 Å². The van der Waals surface area contributed by atoms with Crippen LogP contribution in [0.3, 0.4) is 0 Å². The number of hydrogen-bond acceptors (Lipinski definition) is 8. The van der Waals surface area contributed by atoms with Crippen molar-refractivity contribution in [2.45, 2.75) is 38.4 Å². The van der Waals surface area contributed by atoms with Crippen molar-refractivity contribution in [1.82, 2.24) is 19.9 Å². The smallest absolute Gasteiger partial charge is 0.247 e. The zero-order valence-corrected chi connectivity index (χ0v) is 23.3. The third kappa shape index (κ3) is 6.67. The zero-order valence-electron chi connectivity index (χ0n) is 22.5. The lowest BCUT2D eigenvalue weighted by Gasteiger charge is -2.31. The molecule has 10 heteroatoms. The van der Waals surface area contributed by atoms with Gasteiger partial charge in [0.2, 0.25) is 5.91 Å². The summed E-state index contributed by atoms with van der Waals surface area (Å²) in [6.07, 6.45) is 11.3. The van der Waals surface area contributed by atoms with Gasteiger partial charge in [0.25, 0.3) is 0 Å². The zero-order chi connectivity index (χ0) is 28.0. The first kappa shape index (κ1) is 27.8. The number of allylic oxidation sites excluding steroid dienone is 1. The Morgan fingerprint density at radius 1 is 1.23 bits per heavy atom. The van der Waals surface area contributed by atoms with E-state index in [0.29, 0.717) is 47.4 Å². The fraction of sp³-hybridized carbons (Fsp3) is 0.333. The van der Waals surface area contributed by atoms with Crippen molar-refractivity contribution in [2.75, 3.05) is 36.9 Å². The molecule has 1 aliphatic heterocycles. The van der Waals surface area contributed by atoms with Crippen molar-refractivity contribution in [3.8, 4) is 5.75 Å². The van der Waals surface area contributed by atoms with Gasteiger partial charge in [-0.1, -0.05) is 30.3 Å². The lowest BCUT2D eigenvalue weighted by Crippen LogP contribution is -2.31. The van der Waals surface area contributed by atoms with Crippen LogP contribution in [0.25, 0.3) is 10.9 Å². The standard InChI is InChI=1S/C30H33ClN6O3/c1-3-28(38)36-25-17-23-24(18-26(25)39-15-14-37-12-6-7-13-37)33-20-34-29(23)35-21-9-10-30(2,27(31)16-21)40-19-22-8-4-5-11-32-22/h3-5,8-9,11,16-18,20H,1,6-7,10,12-15,19H2,2H3,(H,36,38)(H,33,34,35). The van der Waals surface area contributed by atoms with Crippen LogP contribution in [0.1, 0.15) is 31.9 Å². The van der Waals surface area contributed by atoms with E-state index in [1.807, 2.05) is 49.4 Å². The Balaban J connectivity index is 1.33. The van der Waals surface area contributed by atoms with Gasteiger partial charge in [0, 0.05) is 36.3 Å². The number of fused-ring (bicyclic) bond motifs is 1. The molecule has 9 nitrogen and oxygen atoms in total. The minimum Gasteiger partial charge on any atom is -0.490 e. The predicted octanol–water partition coefficient (Wildman–Crippen LogP) is 5.42. The van der Waals surface area contributed by atoms with Gasteiger partial charge in [-0.15, -0.1) is 0 Å². The Morgan fingerprint density at radius 2 is 2.08 bits per heavy atom. The number of carbonyl (C=O) groups excluding carboxylic acids is 1. The highest BCUT2D eigenvalue weighted by Gasteiger charge is 2.31. The van der Waals surface area contributed by atoms with Crippen LogP contribution in [0.5, 0.6) is 5.75 Å². The number of nitrogens with one attached hydrogen (secondary N) is 2. The first-order valence-corrected chi connectivity index (χ1v) is 13.8. The van der Waals surface area contributed by atoms with Crippen LogP contribution in [0.2, 0.25) is 0 Å². The maximum absolute atomic E-state index is 12.2. The second-order valence-corrected chi connectivity index (χ2v) is 10.4. The Morgan fingerprint density at radius 3 is 2.83 bits per heavy atom. The Labute approximate surface area is 239 Å². The van der Waals surface area contributed by atoms with Crippen molar-refractivity contribution in [3.63, 3.8) is 0 Å². The molecule has 2 N–H and O–H groups in total. The molecule has 0 saturated carbocycles. The average Bonchev–Trinajstić information content (AvgIpc) is 3.49. The fourth-order valence-corrected chi connectivity index (χ4v) is 4.94. The van der Waals surface area contributed by atoms with Crippen LogP contribution in [-0.2, 0) is 16.1 Å². The third-order valence-corrected chi connectivity index (χ3v) is 7.58. The maximum Gasteiger partial charge on any atom is 0.247 e. The van der Waals surface area contributed by atoms with Gasteiger partial charge in [-0.05, 0) is 63.2 Å². The number of aromatic nitrogens is 3. The van der Waals surface area contributed by atoms with Crippen molar-refractivity contribution in [2.24, 2.45) is 0 Å². The molecule has 1 aromatic carbocycles. The van der Waals surface area contributed by atoms with Crippen LogP contribution in [0.15, 0.2) is 78.4 Å². The summed E-state index contributed by atoms with van der Waals surface area (Å²) in [5, 5.41) is 7.51. The van der Waals surface area contributed by atoms with Gasteiger partial charge >= 0.3 is 0 Å². The van der Waals surface area contributed by atoms with E-state index in [2.05, 4.69) is 37.1 Å². The summed E-state index contributed by atoms with van der Waals surface area (Å²) >= 11 is 6.71. The van der Waals surface area contributed by atoms with Crippen molar-refractivity contribution >= 4 is 39.9 Å². The number of nitrogens with zero attached hydrogens (tertiary/aromatic N) is 4. The topological polar surface area (TPSA) is 102 Å². The average molecular weight is 561 g/mol. The van der Waals surface area contributed by atoms with E-state index >= 15 is 0 Å². The molecule has 0 bridgehead atoms. The number of hydrogen-bond donors (Lipinski definition) is 2. The van der Waals surface area contributed by atoms with Gasteiger partial charge in [0.05, 0.1) is 28.5 Å². The molecule has 3 aromatic rings. The first-order chi connectivity index (χ1) is 19.4. The monoisotopic (exact) mass is 560 g/mol. The Hall–Kier alpha value is -3.79. The van der Waals surface area contributed by atoms with Gasteiger partial charge in [0.1, 0.15) is 30.1 Å². The second-order valence-electron chi connectivity index (χ2n) is 10.00. The number of likely N-dealkylation sites (tertiary alicyclic amines) is 1. The third-order valence-electron chi connectivity index (χ3n) is 7.07. The molecule has 0 radical (unpaired) electrons. The van der Waals surface area contributed by atoms with E-state index in [-0.39, 0.29) is 5.91 Å². The van der Waals surface area contributed by atoms with Crippen LogP contribution in [0.4, 0.5) is 11.5 Å². The van der Waals surface area contributed by atoms with Crippen molar-refractivity contribution in [1.29, 1.82) is 0 Å². The fourth-order valence-electron chi connectivity index (χ4n) is 4.69. The number of benzene rings is 1. The summed E-state index contributed by atoms with van der Waals surface area (Å²) in [5.41, 5.74) is 2.17. The van der Waals surface area contributed by atoms with E-state index < -0.39 is 5.60 Å². The Kier molecular flexibility index (Phi) is 8.74. The lowest BCUT2D eigenvalue weighted by atomic mass is 9.95. The SMILES string of the molecule is C=CC(=O)Nc1cc2c(NC3=CCC(C)(OCc4ccccn4)C(Cl)=C3)ncnc2cc1OCCN1CCCC1. The summed E-state index contributed by atoms with van der Waals surface area (Å²) in [5.74, 6) is 0.796. The van der Waals surface area contributed by atoms with E-state index in [9.17, 15) is 4.79 Å². The largest absolute Gasteiger partial charge is 0.490 e. The normalized spacial score (nSPS) is 19.1. The Bertz CT molecular complexity index is 1440. The summed E-state index contributed by atoms with van der Waals surface area (Å²) in [6, 6.07) is 9.36. The molecule has 208 valence electrons. The number of amides is 1. The van der Waals surface area contributed by atoms with E-state index in [1.165, 1.54) is 25.2 Å². The second kappa shape index (κ2) is 12.6. The molecular formula is C30H33ClN6O3. The van der Waals surface area contributed by atoms with E-state index in [1.54, 1.807) is 6.20 Å². The number of ether oxygens (including phenoxy) is 2. The highest BCUT2D eigenvalue weighted by molar-refractivity contribution is 6.31. The molecule has 1 saturated heterocycles.